The predicted molar refractivity (Wildman–Crippen MR) is 113 cm³/mol. The predicted octanol–water partition coefficient (Wildman–Crippen LogP) is -2.11. The molecular formula is C18H31N5O7S. The van der Waals surface area contributed by atoms with Crippen LogP contribution >= 0.6 is 12.6 Å². The number of amides is 3. The van der Waals surface area contributed by atoms with Crippen LogP contribution in [-0.4, -0.2) is 87.8 Å². The fraction of sp³-hybridized carbons (Fsp3) is 0.722. The lowest BCUT2D eigenvalue weighted by Crippen LogP contribution is -2.57. The molecule has 0 bridgehead atoms. The second kappa shape index (κ2) is 13.1. The molecule has 8 N–H and O–H groups in total. The number of hydrogen-bond acceptors (Lipinski definition) is 8. The molecule has 12 nitrogen and oxygen atoms in total. The second-order valence-corrected chi connectivity index (χ2v) is 7.69. The average Bonchev–Trinajstić information content (AvgIpc) is 3.19. The minimum absolute atomic E-state index is 0.128. The van der Waals surface area contributed by atoms with Crippen molar-refractivity contribution in [3.8, 4) is 0 Å². The van der Waals surface area contributed by atoms with Crippen LogP contribution in [0.1, 0.15) is 38.5 Å². The normalized spacial score (nSPS) is 18.7. The third-order valence-corrected chi connectivity index (χ3v) is 5.29. The molecule has 0 saturated carbocycles. The van der Waals surface area contributed by atoms with E-state index in [0.717, 1.165) is 0 Å². The van der Waals surface area contributed by atoms with E-state index in [1.54, 1.807) is 0 Å². The summed E-state index contributed by atoms with van der Waals surface area (Å²) in [7, 11) is 0. The number of carboxylic acids is 2. The molecule has 1 rings (SSSR count). The van der Waals surface area contributed by atoms with Crippen molar-refractivity contribution in [1.29, 1.82) is 0 Å². The zero-order valence-electron chi connectivity index (χ0n) is 17.2. The fourth-order valence-corrected chi connectivity index (χ4v) is 3.53. The lowest BCUT2D eigenvalue weighted by molar-refractivity contribution is -0.144. The van der Waals surface area contributed by atoms with Crippen LogP contribution in [0.5, 0.6) is 0 Å². The van der Waals surface area contributed by atoms with Crippen molar-refractivity contribution in [2.45, 2.75) is 62.7 Å². The van der Waals surface area contributed by atoms with E-state index >= 15 is 0 Å². The summed E-state index contributed by atoms with van der Waals surface area (Å²) in [5.41, 5.74) is 11.1. The molecular weight excluding hydrogens is 430 g/mol. The second-order valence-electron chi connectivity index (χ2n) is 7.32. The quantitative estimate of drug-likeness (QED) is 0.118. The Morgan fingerprint density at radius 1 is 1.10 bits per heavy atom. The first-order valence-electron chi connectivity index (χ1n) is 10.0. The number of unbranched alkanes of at least 4 members (excludes halogenated alkanes) is 1. The van der Waals surface area contributed by atoms with Crippen molar-refractivity contribution < 1.29 is 34.2 Å². The van der Waals surface area contributed by atoms with Gasteiger partial charge in [-0.1, -0.05) is 0 Å². The van der Waals surface area contributed by atoms with Gasteiger partial charge < -0.3 is 37.2 Å². The van der Waals surface area contributed by atoms with Gasteiger partial charge in [0.2, 0.25) is 17.7 Å². The summed E-state index contributed by atoms with van der Waals surface area (Å²) in [5, 5.41) is 22.9. The van der Waals surface area contributed by atoms with E-state index in [1.807, 2.05) is 0 Å². The number of carboxylic acid groups (broad SMARTS) is 2. The first-order chi connectivity index (χ1) is 14.6. The van der Waals surface area contributed by atoms with Crippen LogP contribution in [0.15, 0.2) is 0 Å². The Kier molecular flexibility index (Phi) is 11.3. The Balaban J connectivity index is 2.87. The highest BCUT2D eigenvalue weighted by molar-refractivity contribution is 7.80. The van der Waals surface area contributed by atoms with Crippen LogP contribution in [0.3, 0.4) is 0 Å². The average molecular weight is 462 g/mol. The lowest BCUT2D eigenvalue weighted by Gasteiger charge is -2.28. The zero-order chi connectivity index (χ0) is 23.6. The summed E-state index contributed by atoms with van der Waals surface area (Å²) in [5.74, 6) is -4.52. The van der Waals surface area contributed by atoms with E-state index < -0.39 is 60.2 Å². The molecule has 0 aliphatic carbocycles. The summed E-state index contributed by atoms with van der Waals surface area (Å²) in [6.07, 6.45) is 1.65. The number of hydrogen-bond donors (Lipinski definition) is 7. The number of nitrogens with two attached hydrogens (primary N) is 2. The summed E-state index contributed by atoms with van der Waals surface area (Å²) in [6.45, 7) is 0.637. The maximum Gasteiger partial charge on any atom is 0.327 e. The molecule has 1 aliphatic heterocycles. The monoisotopic (exact) mass is 461 g/mol. The number of thiol groups is 1. The third-order valence-electron chi connectivity index (χ3n) is 4.93. The fourth-order valence-electron chi connectivity index (χ4n) is 3.28. The molecule has 0 radical (unpaired) electrons. The van der Waals surface area contributed by atoms with E-state index in [1.165, 1.54) is 4.90 Å². The Labute approximate surface area is 185 Å². The lowest BCUT2D eigenvalue weighted by atomic mass is 10.1. The van der Waals surface area contributed by atoms with E-state index in [0.29, 0.717) is 32.2 Å². The maximum atomic E-state index is 12.8. The van der Waals surface area contributed by atoms with Crippen molar-refractivity contribution >= 4 is 42.3 Å². The number of aliphatic carboxylic acids is 2. The SMILES string of the molecule is NCCCCC(NC(=O)C1CCCN1C(=O)C(N)CC(=O)O)C(=O)NC(CS)C(=O)O. The maximum absolute atomic E-state index is 12.8. The first kappa shape index (κ1) is 26.7. The molecule has 13 heteroatoms. The van der Waals surface area contributed by atoms with Crippen molar-refractivity contribution in [3.63, 3.8) is 0 Å². The van der Waals surface area contributed by atoms with Gasteiger partial charge in [0.25, 0.3) is 0 Å². The molecule has 1 heterocycles. The summed E-state index contributed by atoms with van der Waals surface area (Å²) >= 11 is 3.90. The molecule has 31 heavy (non-hydrogen) atoms. The summed E-state index contributed by atoms with van der Waals surface area (Å²) < 4.78 is 0. The number of likely N-dealkylation sites (tertiary alicyclic amines) is 1. The van der Waals surface area contributed by atoms with Gasteiger partial charge in [0, 0.05) is 12.3 Å². The van der Waals surface area contributed by atoms with Crippen LogP contribution in [0.25, 0.3) is 0 Å². The van der Waals surface area contributed by atoms with Crippen molar-refractivity contribution in [3.05, 3.63) is 0 Å². The van der Waals surface area contributed by atoms with Gasteiger partial charge in [-0.05, 0) is 38.6 Å². The van der Waals surface area contributed by atoms with Gasteiger partial charge in [-0.3, -0.25) is 19.2 Å². The zero-order valence-corrected chi connectivity index (χ0v) is 18.1. The molecule has 1 aliphatic rings. The molecule has 0 aromatic carbocycles. The van der Waals surface area contributed by atoms with Crippen LogP contribution in [0.4, 0.5) is 0 Å². The van der Waals surface area contributed by atoms with Gasteiger partial charge in [-0.15, -0.1) is 0 Å². The largest absolute Gasteiger partial charge is 0.481 e. The minimum atomic E-state index is -1.28. The highest BCUT2D eigenvalue weighted by Crippen LogP contribution is 2.19. The van der Waals surface area contributed by atoms with Crippen LogP contribution in [0, 0.1) is 0 Å². The van der Waals surface area contributed by atoms with E-state index in [9.17, 15) is 24.0 Å². The molecule has 0 spiro atoms. The van der Waals surface area contributed by atoms with Crippen LogP contribution < -0.4 is 22.1 Å². The molecule has 1 saturated heterocycles. The first-order valence-corrected chi connectivity index (χ1v) is 10.7. The summed E-state index contributed by atoms with van der Waals surface area (Å²) in [4.78, 5) is 61.1. The van der Waals surface area contributed by atoms with Crippen LogP contribution in [-0.2, 0) is 24.0 Å². The number of carbonyl (C=O) groups excluding carboxylic acids is 3. The standard InChI is InChI=1S/C18H31N5O7S/c19-6-2-1-4-11(15(26)22-12(9-31)18(29)30)21-16(27)13-5-3-7-23(13)17(28)10(20)8-14(24)25/h10-13,31H,1-9,19-20H2,(H,21,27)(H,22,26)(H,24,25)(H,29,30). The van der Waals surface area contributed by atoms with Gasteiger partial charge in [0.1, 0.15) is 18.1 Å². The number of carbonyl (C=O) groups is 5. The van der Waals surface area contributed by atoms with Crippen LogP contribution in [0.2, 0.25) is 0 Å². The Hall–Kier alpha value is -2.38. The Morgan fingerprint density at radius 3 is 2.32 bits per heavy atom. The summed E-state index contributed by atoms with van der Waals surface area (Å²) in [6, 6.07) is -4.41. The number of rotatable bonds is 13. The smallest absolute Gasteiger partial charge is 0.327 e. The van der Waals surface area contributed by atoms with Gasteiger partial charge in [-0.2, -0.15) is 12.6 Å². The molecule has 3 amide bonds. The molecule has 176 valence electrons. The van der Waals surface area contributed by atoms with Crippen molar-refractivity contribution in [2.75, 3.05) is 18.8 Å². The van der Waals surface area contributed by atoms with Gasteiger partial charge >= 0.3 is 11.9 Å². The van der Waals surface area contributed by atoms with Crippen molar-refractivity contribution in [2.24, 2.45) is 11.5 Å². The van der Waals surface area contributed by atoms with E-state index in [4.69, 9.17) is 21.7 Å². The molecule has 1 fully saturated rings. The topological polar surface area (TPSA) is 205 Å². The molecule has 4 unspecified atom stereocenters. The minimum Gasteiger partial charge on any atom is -0.481 e. The van der Waals surface area contributed by atoms with E-state index in [-0.39, 0.29) is 18.7 Å². The number of nitrogens with one attached hydrogen (secondary N) is 2. The van der Waals surface area contributed by atoms with Gasteiger partial charge in [0.15, 0.2) is 0 Å². The molecule has 4 atom stereocenters. The Morgan fingerprint density at radius 2 is 1.77 bits per heavy atom. The molecule has 0 aromatic heterocycles. The number of nitrogens with zero attached hydrogens (tertiary/aromatic N) is 1. The highest BCUT2D eigenvalue weighted by atomic mass is 32.1. The Bertz CT molecular complexity index is 678. The van der Waals surface area contributed by atoms with E-state index in [2.05, 4.69) is 23.3 Å². The van der Waals surface area contributed by atoms with Crippen molar-refractivity contribution in [1.82, 2.24) is 15.5 Å². The van der Waals surface area contributed by atoms with Gasteiger partial charge in [-0.25, -0.2) is 4.79 Å². The highest BCUT2D eigenvalue weighted by Gasteiger charge is 2.38. The van der Waals surface area contributed by atoms with Gasteiger partial charge in [0.05, 0.1) is 12.5 Å². The molecule has 0 aromatic rings. The third kappa shape index (κ3) is 8.34.